The maximum Gasteiger partial charge on any atom is 0.335 e. The summed E-state index contributed by atoms with van der Waals surface area (Å²) in [6, 6.07) is 6.00. The number of aromatic carboxylic acids is 1. The highest BCUT2D eigenvalue weighted by atomic mass is 32.2. The normalized spacial score (nSPS) is 20.8. The van der Waals surface area contributed by atoms with Gasteiger partial charge in [-0.05, 0) is 36.5 Å². The fourth-order valence-electron chi connectivity index (χ4n) is 2.44. The van der Waals surface area contributed by atoms with Crippen LogP contribution in [0.25, 0.3) is 0 Å². The summed E-state index contributed by atoms with van der Waals surface area (Å²) in [5.41, 5.74) is 0.783. The lowest BCUT2D eigenvalue weighted by molar-refractivity contribution is 0.0697. The van der Waals surface area contributed by atoms with E-state index in [4.69, 9.17) is 5.11 Å². The van der Waals surface area contributed by atoms with Crippen LogP contribution in [0.2, 0.25) is 0 Å². The van der Waals surface area contributed by atoms with Crippen molar-refractivity contribution in [3.05, 3.63) is 35.4 Å². The number of hydrogen-bond acceptors (Lipinski definition) is 3. The van der Waals surface area contributed by atoms with Crippen molar-refractivity contribution < 1.29 is 18.3 Å². The Balaban J connectivity index is 2.09. The van der Waals surface area contributed by atoms with E-state index in [9.17, 15) is 13.2 Å². The lowest BCUT2D eigenvalue weighted by atomic mass is 10.0. The molecule has 0 aromatic heterocycles. The van der Waals surface area contributed by atoms with E-state index in [0.29, 0.717) is 24.6 Å². The number of piperidine rings is 1. The zero-order chi connectivity index (χ0) is 14.8. The summed E-state index contributed by atoms with van der Waals surface area (Å²) in [6.07, 6.45) is 1.97. The van der Waals surface area contributed by atoms with Gasteiger partial charge < -0.3 is 5.11 Å². The van der Waals surface area contributed by atoms with Gasteiger partial charge in [-0.1, -0.05) is 19.1 Å². The summed E-state index contributed by atoms with van der Waals surface area (Å²) in [7, 11) is -3.32. The van der Waals surface area contributed by atoms with Crippen LogP contribution in [0.1, 0.15) is 35.7 Å². The SMILES string of the molecule is CC1CCCN(S(=O)(=O)Cc2ccc(C(=O)O)cc2)C1. The van der Waals surface area contributed by atoms with Crippen LogP contribution < -0.4 is 0 Å². The minimum atomic E-state index is -3.32. The molecule has 1 unspecified atom stereocenters. The smallest absolute Gasteiger partial charge is 0.335 e. The second kappa shape index (κ2) is 5.93. The number of benzene rings is 1. The fraction of sp³-hybridized carbons (Fsp3) is 0.500. The molecule has 1 heterocycles. The molecule has 0 aliphatic carbocycles. The summed E-state index contributed by atoms with van der Waals surface area (Å²) in [6.45, 7) is 3.22. The Hall–Kier alpha value is -1.40. The Kier molecular flexibility index (Phi) is 4.45. The molecule has 0 saturated carbocycles. The second-order valence-electron chi connectivity index (χ2n) is 5.36. The topological polar surface area (TPSA) is 74.7 Å². The number of carboxylic acid groups (broad SMARTS) is 1. The van der Waals surface area contributed by atoms with Gasteiger partial charge in [-0.3, -0.25) is 0 Å². The molecule has 1 aliphatic rings. The van der Waals surface area contributed by atoms with E-state index in [1.807, 2.05) is 0 Å². The molecule has 1 atom stereocenters. The minimum absolute atomic E-state index is 0.0698. The van der Waals surface area contributed by atoms with Gasteiger partial charge in [0.2, 0.25) is 10.0 Å². The highest BCUT2D eigenvalue weighted by molar-refractivity contribution is 7.88. The Morgan fingerprint density at radius 1 is 1.35 bits per heavy atom. The number of sulfonamides is 1. The van der Waals surface area contributed by atoms with Crippen LogP contribution in [0.4, 0.5) is 0 Å². The average Bonchev–Trinajstić information content (AvgIpc) is 2.39. The van der Waals surface area contributed by atoms with Crippen LogP contribution in [0, 0.1) is 5.92 Å². The van der Waals surface area contributed by atoms with Crippen molar-refractivity contribution in [3.63, 3.8) is 0 Å². The average molecular weight is 297 g/mol. The van der Waals surface area contributed by atoms with Gasteiger partial charge >= 0.3 is 5.97 Å². The van der Waals surface area contributed by atoms with E-state index in [-0.39, 0.29) is 11.3 Å². The van der Waals surface area contributed by atoms with Crippen LogP contribution in [0.3, 0.4) is 0 Å². The predicted octanol–water partition coefficient (Wildman–Crippen LogP) is 1.95. The molecule has 6 heteroatoms. The van der Waals surface area contributed by atoms with Gasteiger partial charge in [0.15, 0.2) is 0 Å². The predicted molar refractivity (Wildman–Crippen MR) is 76.0 cm³/mol. The maximum atomic E-state index is 12.3. The number of hydrogen-bond donors (Lipinski definition) is 1. The van der Waals surface area contributed by atoms with E-state index in [2.05, 4.69) is 6.92 Å². The van der Waals surface area contributed by atoms with E-state index < -0.39 is 16.0 Å². The standard InChI is InChI=1S/C14H19NO4S/c1-11-3-2-8-15(9-11)20(18,19)10-12-4-6-13(7-5-12)14(16)17/h4-7,11H,2-3,8-10H2,1H3,(H,16,17). The number of carbonyl (C=O) groups is 1. The Morgan fingerprint density at radius 3 is 2.55 bits per heavy atom. The van der Waals surface area contributed by atoms with Crippen LogP contribution in [-0.2, 0) is 15.8 Å². The first-order chi connectivity index (χ1) is 9.38. The van der Waals surface area contributed by atoms with Crippen LogP contribution in [0.5, 0.6) is 0 Å². The number of nitrogens with zero attached hydrogens (tertiary/aromatic N) is 1. The molecule has 20 heavy (non-hydrogen) atoms. The van der Waals surface area contributed by atoms with E-state index in [1.54, 1.807) is 16.4 Å². The molecule has 110 valence electrons. The third-order valence-electron chi connectivity index (χ3n) is 3.56. The third-order valence-corrected chi connectivity index (χ3v) is 5.38. The van der Waals surface area contributed by atoms with Gasteiger partial charge in [-0.25, -0.2) is 17.5 Å². The summed E-state index contributed by atoms with van der Waals surface area (Å²) in [4.78, 5) is 10.8. The van der Waals surface area contributed by atoms with Gasteiger partial charge in [-0.2, -0.15) is 0 Å². The van der Waals surface area contributed by atoms with Crippen molar-refractivity contribution in [1.29, 1.82) is 0 Å². The molecule has 1 aromatic rings. The lowest BCUT2D eigenvalue weighted by Gasteiger charge is -2.30. The molecule has 0 bridgehead atoms. The van der Waals surface area contributed by atoms with Crippen LogP contribution >= 0.6 is 0 Å². The van der Waals surface area contributed by atoms with Gasteiger partial charge in [0, 0.05) is 13.1 Å². The molecule has 1 saturated heterocycles. The molecule has 0 spiro atoms. The van der Waals surface area contributed by atoms with Gasteiger partial charge in [0.05, 0.1) is 11.3 Å². The quantitative estimate of drug-likeness (QED) is 0.921. The summed E-state index contributed by atoms with van der Waals surface area (Å²) in [5, 5.41) is 8.81. The molecule has 5 nitrogen and oxygen atoms in total. The summed E-state index contributed by atoms with van der Waals surface area (Å²) >= 11 is 0. The van der Waals surface area contributed by atoms with Crippen molar-refractivity contribution in [3.8, 4) is 0 Å². The molecule has 0 radical (unpaired) electrons. The Morgan fingerprint density at radius 2 is 2.00 bits per heavy atom. The number of carboxylic acids is 1. The first-order valence-corrected chi connectivity index (χ1v) is 8.29. The minimum Gasteiger partial charge on any atom is -0.478 e. The largest absolute Gasteiger partial charge is 0.478 e. The summed E-state index contributed by atoms with van der Waals surface area (Å²) < 4.78 is 26.2. The lowest BCUT2D eigenvalue weighted by Crippen LogP contribution is -2.39. The third kappa shape index (κ3) is 3.58. The van der Waals surface area contributed by atoms with Crippen molar-refractivity contribution in [2.24, 2.45) is 5.92 Å². The number of rotatable bonds is 4. The van der Waals surface area contributed by atoms with Crippen LogP contribution in [0.15, 0.2) is 24.3 Å². The van der Waals surface area contributed by atoms with Crippen LogP contribution in [-0.4, -0.2) is 36.9 Å². The van der Waals surface area contributed by atoms with Crippen molar-refractivity contribution in [2.75, 3.05) is 13.1 Å². The zero-order valence-electron chi connectivity index (χ0n) is 11.4. The molecule has 1 aromatic carbocycles. The Labute approximate surface area is 119 Å². The molecule has 2 rings (SSSR count). The first-order valence-electron chi connectivity index (χ1n) is 6.68. The highest BCUT2D eigenvalue weighted by Crippen LogP contribution is 2.21. The molecule has 0 amide bonds. The second-order valence-corrected chi connectivity index (χ2v) is 7.33. The molecular formula is C14H19NO4S. The van der Waals surface area contributed by atoms with Crippen molar-refractivity contribution in [1.82, 2.24) is 4.31 Å². The van der Waals surface area contributed by atoms with Crippen molar-refractivity contribution in [2.45, 2.75) is 25.5 Å². The molecule has 1 N–H and O–H groups in total. The summed E-state index contributed by atoms with van der Waals surface area (Å²) in [5.74, 6) is -0.684. The zero-order valence-corrected chi connectivity index (χ0v) is 12.3. The van der Waals surface area contributed by atoms with Crippen molar-refractivity contribution >= 4 is 16.0 Å². The molecule has 1 aliphatic heterocycles. The first kappa shape index (κ1) is 15.0. The highest BCUT2D eigenvalue weighted by Gasteiger charge is 2.27. The maximum absolute atomic E-state index is 12.3. The fourth-order valence-corrected chi connectivity index (χ4v) is 4.13. The van der Waals surface area contributed by atoms with Gasteiger partial charge in [-0.15, -0.1) is 0 Å². The molecule has 1 fully saturated rings. The monoisotopic (exact) mass is 297 g/mol. The van der Waals surface area contributed by atoms with Gasteiger partial charge in [0.1, 0.15) is 0 Å². The molecular weight excluding hydrogens is 278 g/mol. The van der Waals surface area contributed by atoms with E-state index in [0.717, 1.165) is 12.8 Å². The Bertz CT molecular complexity index is 580. The van der Waals surface area contributed by atoms with E-state index in [1.165, 1.54) is 12.1 Å². The van der Waals surface area contributed by atoms with E-state index >= 15 is 0 Å². The van der Waals surface area contributed by atoms with Gasteiger partial charge in [0.25, 0.3) is 0 Å².